The molecule has 3 rings (SSSR count). The van der Waals surface area contributed by atoms with Gasteiger partial charge in [0.2, 0.25) is 0 Å². The van der Waals surface area contributed by atoms with Gasteiger partial charge >= 0.3 is 6.18 Å². The van der Waals surface area contributed by atoms with Crippen molar-refractivity contribution in [2.75, 3.05) is 33.5 Å². The van der Waals surface area contributed by atoms with Crippen molar-refractivity contribution in [3.05, 3.63) is 47.5 Å². The zero-order valence-corrected chi connectivity index (χ0v) is 18.4. The number of benzene rings is 2. The second-order valence-electron chi connectivity index (χ2n) is 5.76. The van der Waals surface area contributed by atoms with Gasteiger partial charge in [-0.15, -0.1) is 23.5 Å². The summed E-state index contributed by atoms with van der Waals surface area (Å²) >= 11 is 6.25. The molecule has 0 spiro atoms. The second kappa shape index (κ2) is 9.69. The van der Waals surface area contributed by atoms with Crippen LogP contribution in [0.1, 0.15) is 15.7 Å². The van der Waals surface area contributed by atoms with Gasteiger partial charge in [0.1, 0.15) is 5.75 Å². The Morgan fingerprint density at radius 2 is 1.50 bits per heavy atom. The van der Waals surface area contributed by atoms with E-state index in [1.165, 1.54) is 29.5 Å². The molecule has 0 bridgehead atoms. The van der Waals surface area contributed by atoms with Crippen LogP contribution in [0.3, 0.4) is 0 Å². The summed E-state index contributed by atoms with van der Waals surface area (Å²) in [5, 5.41) is 0. The van der Waals surface area contributed by atoms with Crippen molar-refractivity contribution in [2.45, 2.75) is 10.8 Å². The number of rotatable bonds is 7. The highest BCUT2D eigenvalue weighted by molar-refractivity contribution is 8.19. The lowest BCUT2D eigenvalue weighted by Crippen LogP contribution is -2.07. The molecule has 10 heteroatoms. The highest BCUT2D eigenvalue weighted by Gasteiger charge is 2.33. The fourth-order valence-electron chi connectivity index (χ4n) is 2.64. The first-order valence-corrected chi connectivity index (χ1v) is 12.8. The Bertz CT molecular complexity index is 769. The monoisotopic (exact) mass is 464 g/mol. The Balaban J connectivity index is 1.92. The molecule has 0 atom stereocenters. The van der Waals surface area contributed by atoms with E-state index in [1.54, 1.807) is 12.5 Å². The Hall–Kier alpha value is -0.970. The van der Waals surface area contributed by atoms with Crippen LogP contribution >= 0.6 is 47.4 Å². The van der Waals surface area contributed by atoms with E-state index >= 15 is 0 Å². The fraction of sp³-hybridized carbons (Fsp3) is 0.333. The van der Waals surface area contributed by atoms with E-state index in [0.29, 0.717) is 16.1 Å². The van der Waals surface area contributed by atoms with Crippen LogP contribution in [0.5, 0.6) is 11.5 Å². The van der Waals surface area contributed by atoms with Gasteiger partial charge in [0.25, 0.3) is 0 Å². The number of anilines is 2. The number of nitrogens with one attached hydrogen (secondary N) is 2. The van der Waals surface area contributed by atoms with Crippen molar-refractivity contribution >= 4 is 58.8 Å². The fourth-order valence-corrected chi connectivity index (χ4v) is 6.24. The molecule has 0 unspecified atom stereocenters. The van der Waals surface area contributed by atoms with Gasteiger partial charge in [0.15, 0.2) is 5.75 Å². The van der Waals surface area contributed by atoms with Gasteiger partial charge in [0.05, 0.1) is 21.5 Å². The van der Waals surface area contributed by atoms with E-state index in [9.17, 15) is 13.2 Å². The number of ether oxygens (including phenoxy) is 1. The molecule has 1 heterocycles. The van der Waals surface area contributed by atoms with Gasteiger partial charge in [-0.1, -0.05) is 36.0 Å². The molecule has 1 saturated heterocycles. The summed E-state index contributed by atoms with van der Waals surface area (Å²) in [6.45, 7) is 0. The van der Waals surface area contributed by atoms with Crippen LogP contribution < -0.4 is 14.2 Å². The summed E-state index contributed by atoms with van der Waals surface area (Å²) < 4.78 is 52.0. The quantitative estimate of drug-likeness (QED) is 0.414. The third kappa shape index (κ3) is 5.34. The van der Waals surface area contributed by atoms with Crippen LogP contribution in [-0.2, 0) is 6.18 Å². The lowest BCUT2D eigenvalue weighted by molar-refractivity contribution is -0.137. The number of halogens is 3. The summed E-state index contributed by atoms with van der Waals surface area (Å²) in [5.41, 5.74) is 1.02. The predicted molar refractivity (Wildman–Crippen MR) is 120 cm³/mol. The van der Waals surface area contributed by atoms with Crippen LogP contribution in [0.25, 0.3) is 0 Å². The molecule has 0 amide bonds. The van der Waals surface area contributed by atoms with E-state index in [4.69, 9.17) is 4.74 Å². The summed E-state index contributed by atoms with van der Waals surface area (Å²) in [4.78, 5) is 0. The molecule has 3 nitrogen and oxygen atoms in total. The summed E-state index contributed by atoms with van der Waals surface area (Å²) in [6, 6.07) is 9.88. The molecule has 0 aliphatic carbocycles. The van der Waals surface area contributed by atoms with Crippen LogP contribution in [0.4, 0.5) is 24.5 Å². The van der Waals surface area contributed by atoms with Gasteiger partial charge in [0, 0.05) is 24.0 Å². The van der Waals surface area contributed by atoms with Crippen LogP contribution in [0, 0.1) is 0 Å². The maximum atomic E-state index is 13.3. The zero-order chi connectivity index (χ0) is 20.1. The molecule has 2 aromatic carbocycles. The van der Waals surface area contributed by atoms with E-state index in [-0.39, 0.29) is 11.4 Å². The minimum atomic E-state index is -4.44. The largest absolute Gasteiger partial charge is 0.453 e. The molecule has 0 saturated carbocycles. The zero-order valence-electron chi connectivity index (χ0n) is 15.1. The first-order valence-electron chi connectivity index (χ1n) is 8.26. The van der Waals surface area contributed by atoms with Crippen molar-refractivity contribution in [1.29, 1.82) is 0 Å². The maximum Gasteiger partial charge on any atom is 0.416 e. The van der Waals surface area contributed by atoms with Crippen molar-refractivity contribution in [3.8, 4) is 11.5 Å². The SMILES string of the molecule is CSNc1cc(C(F)(F)F)cc(NSC)c1Oc1ccc(C2SCCS2)cc1. The number of hydrogen-bond acceptors (Lipinski definition) is 7. The second-order valence-corrected chi connectivity index (χ2v) is 9.70. The van der Waals surface area contributed by atoms with E-state index < -0.39 is 11.7 Å². The molecule has 1 aliphatic rings. The standard InChI is InChI=1S/C18H19F3N2OS4/c1-25-22-14-9-12(18(19,20)21)10-15(23-26-2)16(14)24-13-5-3-11(4-6-13)17-27-7-8-28-17/h3-6,9-10,17,22-23H,7-8H2,1-2H3. The number of thioether (sulfide) groups is 2. The molecule has 2 aromatic rings. The third-order valence-corrected chi connectivity index (χ3v) is 7.79. The van der Waals surface area contributed by atoms with Crippen molar-refractivity contribution in [2.24, 2.45) is 0 Å². The minimum absolute atomic E-state index is 0.268. The van der Waals surface area contributed by atoms with Crippen LogP contribution in [-0.4, -0.2) is 24.0 Å². The smallest absolute Gasteiger partial charge is 0.416 e. The Morgan fingerprint density at radius 3 is 1.96 bits per heavy atom. The molecular weight excluding hydrogens is 445 g/mol. The number of hydrogen-bond donors (Lipinski definition) is 2. The molecular formula is C18H19F3N2OS4. The first-order chi connectivity index (χ1) is 13.4. The maximum absolute atomic E-state index is 13.3. The highest BCUT2D eigenvalue weighted by Crippen LogP contribution is 2.47. The Kier molecular flexibility index (Phi) is 7.52. The lowest BCUT2D eigenvalue weighted by atomic mass is 10.1. The van der Waals surface area contributed by atoms with Gasteiger partial charge in [-0.2, -0.15) is 13.2 Å². The van der Waals surface area contributed by atoms with E-state index in [2.05, 4.69) is 9.44 Å². The molecule has 1 fully saturated rings. The van der Waals surface area contributed by atoms with Gasteiger partial charge in [-0.25, -0.2) is 0 Å². The summed E-state index contributed by atoms with van der Waals surface area (Å²) in [7, 11) is 0. The topological polar surface area (TPSA) is 33.3 Å². The van der Waals surface area contributed by atoms with Crippen molar-refractivity contribution in [1.82, 2.24) is 0 Å². The molecule has 152 valence electrons. The third-order valence-electron chi connectivity index (χ3n) is 3.83. The van der Waals surface area contributed by atoms with Gasteiger partial charge in [-0.3, -0.25) is 0 Å². The Morgan fingerprint density at radius 1 is 0.964 bits per heavy atom. The normalized spacial score (nSPS) is 14.9. The molecule has 0 radical (unpaired) electrons. The van der Waals surface area contributed by atoms with Crippen molar-refractivity contribution < 1.29 is 17.9 Å². The van der Waals surface area contributed by atoms with Crippen LogP contribution in [0.2, 0.25) is 0 Å². The first kappa shape index (κ1) is 21.7. The predicted octanol–water partition coefficient (Wildman–Crippen LogP) is 7.36. The molecule has 1 aliphatic heterocycles. The average molecular weight is 465 g/mol. The van der Waals surface area contributed by atoms with Gasteiger partial charge in [-0.05, 0) is 29.8 Å². The lowest BCUT2D eigenvalue weighted by Gasteiger charge is -2.19. The van der Waals surface area contributed by atoms with Crippen LogP contribution in [0.15, 0.2) is 36.4 Å². The van der Waals surface area contributed by atoms with E-state index in [1.807, 2.05) is 47.8 Å². The average Bonchev–Trinajstić information content (AvgIpc) is 3.19. The molecule has 0 aromatic heterocycles. The number of alkyl halides is 3. The summed E-state index contributed by atoms with van der Waals surface area (Å²) in [6.07, 6.45) is -0.949. The van der Waals surface area contributed by atoms with Crippen molar-refractivity contribution in [3.63, 3.8) is 0 Å². The highest BCUT2D eigenvalue weighted by atomic mass is 32.2. The van der Waals surface area contributed by atoms with E-state index in [0.717, 1.165) is 23.6 Å². The Labute approximate surface area is 179 Å². The van der Waals surface area contributed by atoms with Gasteiger partial charge < -0.3 is 14.2 Å². The minimum Gasteiger partial charge on any atom is -0.453 e. The summed E-state index contributed by atoms with van der Waals surface area (Å²) in [5.74, 6) is 3.19. The molecule has 2 N–H and O–H groups in total. The molecule has 28 heavy (non-hydrogen) atoms.